The summed E-state index contributed by atoms with van der Waals surface area (Å²) < 4.78 is 0. The third-order valence-corrected chi connectivity index (χ3v) is 5.28. The highest BCUT2D eigenvalue weighted by atomic mass is 32.1. The van der Waals surface area contributed by atoms with Gasteiger partial charge in [-0.2, -0.15) is 5.10 Å². The lowest BCUT2D eigenvalue weighted by Crippen LogP contribution is -2.49. The summed E-state index contributed by atoms with van der Waals surface area (Å²) >= 11 is 1.61. The van der Waals surface area contributed by atoms with E-state index in [1.54, 1.807) is 18.4 Å². The van der Waals surface area contributed by atoms with E-state index in [1.165, 1.54) is 9.91 Å². The van der Waals surface area contributed by atoms with Gasteiger partial charge in [0.25, 0.3) is 5.91 Å². The molecule has 1 aliphatic rings. The number of thiophene rings is 1. The molecule has 148 valence electrons. The summed E-state index contributed by atoms with van der Waals surface area (Å²) in [6.45, 7) is 5.69. The molecule has 2 heterocycles. The van der Waals surface area contributed by atoms with Crippen LogP contribution in [0.3, 0.4) is 0 Å². The van der Waals surface area contributed by atoms with Crippen molar-refractivity contribution >= 4 is 29.0 Å². The zero-order chi connectivity index (χ0) is 20.3. The molecule has 0 saturated carbocycles. The number of carbonyl (C=O) groups is 2. The first-order chi connectivity index (χ1) is 13.2. The fourth-order valence-corrected chi connectivity index (χ4v) is 3.75. The third-order valence-electron chi connectivity index (χ3n) is 4.36. The van der Waals surface area contributed by atoms with Crippen LogP contribution in [0.5, 0.6) is 0 Å². The molecule has 2 aromatic rings. The fraction of sp³-hybridized carbons (Fsp3) is 0.381. The van der Waals surface area contributed by atoms with Crippen LogP contribution in [0.25, 0.3) is 0 Å². The maximum absolute atomic E-state index is 13.0. The number of hydrazone groups is 1. The van der Waals surface area contributed by atoms with Gasteiger partial charge in [0.2, 0.25) is 0 Å². The van der Waals surface area contributed by atoms with Crippen molar-refractivity contribution in [1.29, 1.82) is 0 Å². The number of carbonyl (C=O) groups excluding carboxylic acids is 2. The summed E-state index contributed by atoms with van der Waals surface area (Å²) in [5.41, 5.74) is 1.57. The number of benzene rings is 1. The Morgan fingerprint density at radius 2 is 1.93 bits per heavy atom. The highest BCUT2D eigenvalue weighted by molar-refractivity contribution is 7.12. The topological polar surface area (TPSA) is 65.0 Å². The van der Waals surface area contributed by atoms with E-state index in [9.17, 15) is 9.59 Å². The molecule has 0 bridgehead atoms. The number of nitrogens with one attached hydrogen (secondary N) is 1. The average molecular weight is 399 g/mol. The minimum atomic E-state index is -0.362. The Morgan fingerprint density at radius 3 is 2.54 bits per heavy atom. The van der Waals surface area contributed by atoms with Crippen molar-refractivity contribution in [3.8, 4) is 0 Å². The molecular weight excluding hydrogens is 372 g/mol. The summed E-state index contributed by atoms with van der Waals surface area (Å²) in [7, 11) is 1.62. The molecule has 1 aliphatic heterocycles. The van der Waals surface area contributed by atoms with Crippen molar-refractivity contribution in [2.24, 2.45) is 5.10 Å². The number of likely N-dealkylation sites (N-methyl/N-ethyl adjacent to an activating group) is 1. The predicted octanol–water partition coefficient (Wildman–Crippen LogP) is 3.87. The molecule has 0 spiro atoms. The van der Waals surface area contributed by atoms with Crippen LogP contribution in [0.4, 0.5) is 4.79 Å². The van der Waals surface area contributed by atoms with Crippen molar-refractivity contribution in [1.82, 2.24) is 15.2 Å². The van der Waals surface area contributed by atoms with E-state index in [0.29, 0.717) is 6.42 Å². The Balaban J connectivity index is 1.79. The van der Waals surface area contributed by atoms with Crippen molar-refractivity contribution in [3.05, 3.63) is 58.3 Å². The van der Waals surface area contributed by atoms with Gasteiger partial charge in [-0.1, -0.05) is 36.4 Å². The molecule has 1 aromatic carbocycles. The second kappa shape index (κ2) is 8.14. The number of hydrogen-bond donors (Lipinski definition) is 1. The predicted molar refractivity (Wildman–Crippen MR) is 112 cm³/mol. The Morgan fingerprint density at radius 1 is 1.21 bits per heavy atom. The summed E-state index contributed by atoms with van der Waals surface area (Å²) in [5, 5.41) is 11.0. The molecule has 0 fully saturated rings. The van der Waals surface area contributed by atoms with Crippen LogP contribution in [0.1, 0.15) is 43.7 Å². The van der Waals surface area contributed by atoms with E-state index in [2.05, 4.69) is 10.4 Å². The van der Waals surface area contributed by atoms with E-state index < -0.39 is 0 Å². The van der Waals surface area contributed by atoms with E-state index in [-0.39, 0.29) is 30.1 Å². The van der Waals surface area contributed by atoms with Gasteiger partial charge in [0.05, 0.1) is 16.6 Å². The fourth-order valence-electron chi connectivity index (χ4n) is 3.03. The first-order valence-electron chi connectivity index (χ1n) is 9.26. The van der Waals surface area contributed by atoms with Crippen molar-refractivity contribution < 1.29 is 9.59 Å². The first kappa shape index (κ1) is 20.1. The van der Waals surface area contributed by atoms with Crippen LogP contribution >= 0.6 is 11.3 Å². The van der Waals surface area contributed by atoms with Crippen molar-refractivity contribution in [3.63, 3.8) is 0 Å². The summed E-state index contributed by atoms with van der Waals surface area (Å²) in [5.74, 6) is -0.202. The lowest BCUT2D eigenvalue weighted by atomic mass is 10.0. The van der Waals surface area contributed by atoms with Crippen LogP contribution in [0.2, 0.25) is 0 Å². The zero-order valence-corrected chi connectivity index (χ0v) is 17.5. The number of amides is 3. The number of urea groups is 1. The maximum Gasteiger partial charge on any atom is 0.318 e. The molecule has 7 heteroatoms. The molecule has 6 nitrogen and oxygen atoms in total. The molecule has 1 aromatic heterocycles. The minimum Gasteiger partial charge on any atom is -0.333 e. The van der Waals surface area contributed by atoms with Crippen LogP contribution in [0.15, 0.2) is 52.9 Å². The largest absolute Gasteiger partial charge is 0.333 e. The van der Waals surface area contributed by atoms with Crippen LogP contribution in [0, 0.1) is 0 Å². The van der Waals surface area contributed by atoms with Crippen molar-refractivity contribution in [2.45, 2.75) is 38.8 Å². The Hall–Kier alpha value is -2.67. The highest BCUT2D eigenvalue weighted by Gasteiger charge is 2.34. The molecule has 0 aliphatic carbocycles. The zero-order valence-electron chi connectivity index (χ0n) is 16.7. The molecule has 28 heavy (non-hydrogen) atoms. The monoisotopic (exact) mass is 398 g/mol. The van der Waals surface area contributed by atoms with Crippen molar-refractivity contribution in [2.75, 3.05) is 13.6 Å². The third kappa shape index (κ3) is 4.78. The maximum atomic E-state index is 13.0. The van der Waals surface area contributed by atoms with E-state index in [1.807, 2.05) is 68.6 Å². The molecule has 3 rings (SSSR count). The normalized spacial score (nSPS) is 16.6. The van der Waals surface area contributed by atoms with Gasteiger partial charge in [-0.3, -0.25) is 4.79 Å². The Bertz CT molecular complexity index is 856. The molecule has 1 atom stereocenters. The van der Waals surface area contributed by atoms with Crippen LogP contribution < -0.4 is 5.32 Å². The molecule has 3 amide bonds. The number of nitrogens with zero attached hydrogens (tertiary/aromatic N) is 3. The molecule has 0 unspecified atom stereocenters. The van der Waals surface area contributed by atoms with Gasteiger partial charge in [-0.05, 0) is 37.8 Å². The van der Waals surface area contributed by atoms with Gasteiger partial charge in [0.15, 0.2) is 0 Å². The Labute approximate surface area is 169 Å². The second-order valence-electron chi connectivity index (χ2n) is 7.93. The molecule has 0 saturated heterocycles. The van der Waals surface area contributed by atoms with Crippen LogP contribution in [-0.2, 0) is 4.79 Å². The van der Waals surface area contributed by atoms with Gasteiger partial charge >= 0.3 is 6.03 Å². The highest BCUT2D eigenvalue weighted by Crippen LogP contribution is 2.33. The molecule has 0 radical (unpaired) electrons. The van der Waals surface area contributed by atoms with Gasteiger partial charge < -0.3 is 10.2 Å². The lowest BCUT2D eigenvalue weighted by molar-refractivity contribution is -0.133. The summed E-state index contributed by atoms with van der Waals surface area (Å²) in [6.07, 6.45) is 0.661. The molecular formula is C21H26N4O2S. The summed E-state index contributed by atoms with van der Waals surface area (Å²) in [4.78, 5) is 27.8. The number of rotatable bonds is 4. The first-order valence-corrected chi connectivity index (χ1v) is 10.1. The Kier molecular flexibility index (Phi) is 5.84. The quantitative estimate of drug-likeness (QED) is 0.850. The SMILES string of the molecule is CN(CC(=O)N1N=C(c2cccs2)C[C@H]1c1ccccc1)C(=O)NC(C)(C)C. The van der Waals surface area contributed by atoms with Crippen LogP contribution in [-0.4, -0.2) is 46.7 Å². The van der Waals surface area contributed by atoms with E-state index in [0.717, 1.165) is 16.2 Å². The van der Waals surface area contributed by atoms with Gasteiger partial charge in [0.1, 0.15) is 6.54 Å². The minimum absolute atomic E-state index is 0.0353. The van der Waals surface area contributed by atoms with E-state index >= 15 is 0 Å². The van der Waals surface area contributed by atoms with Gasteiger partial charge in [-0.15, -0.1) is 11.3 Å². The second-order valence-corrected chi connectivity index (χ2v) is 8.88. The number of hydrogen-bond acceptors (Lipinski definition) is 4. The van der Waals surface area contributed by atoms with Gasteiger partial charge in [0, 0.05) is 19.0 Å². The average Bonchev–Trinajstić information content (AvgIpc) is 3.30. The summed E-state index contributed by atoms with van der Waals surface area (Å²) in [6, 6.07) is 13.5. The smallest absolute Gasteiger partial charge is 0.318 e. The molecule has 1 N–H and O–H groups in total. The van der Waals surface area contributed by atoms with E-state index in [4.69, 9.17) is 0 Å². The lowest BCUT2D eigenvalue weighted by Gasteiger charge is -2.27. The standard InChI is InChI=1S/C21H26N4O2S/c1-21(2,3)22-20(27)24(4)14-19(26)25-17(15-9-6-5-7-10-15)13-16(23-25)18-11-8-12-28-18/h5-12,17H,13-14H2,1-4H3,(H,22,27)/t17-/m0/s1. The van der Waals surface area contributed by atoms with Gasteiger partial charge in [-0.25, -0.2) is 9.80 Å².